The Kier molecular flexibility index (Phi) is 75.6. The predicted octanol–water partition coefficient (Wildman–Crippen LogP) is 34.4. The van der Waals surface area contributed by atoms with Gasteiger partial charge in [0.2, 0.25) is 0 Å². The van der Waals surface area contributed by atoms with E-state index in [9.17, 15) is 9.59 Å². The smallest absolute Gasteiger partial charge is 0.305 e. The van der Waals surface area contributed by atoms with Crippen LogP contribution in [0.2, 0.25) is 0 Å². The van der Waals surface area contributed by atoms with Crippen molar-refractivity contribution < 1.29 is 37.2 Å². The van der Waals surface area contributed by atoms with Crippen LogP contribution in [-0.4, -0.2) is 49.9 Å². The zero-order chi connectivity index (χ0) is 76.8. The average molecular weight is 1570 g/mol. The summed E-state index contributed by atoms with van der Waals surface area (Å²) in [7, 11) is -2.18. The lowest BCUT2D eigenvalue weighted by Gasteiger charge is -2.27. The molecule has 0 aliphatic rings. The number of hydrogen-bond donors (Lipinski definition) is 0. The number of benzene rings is 2. The van der Waals surface area contributed by atoms with Crippen LogP contribution in [-0.2, 0) is 33.5 Å². The molecule has 0 fully saturated rings. The molecule has 107 heavy (non-hydrogen) atoms. The van der Waals surface area contributed by atoms with E-state index in [1.165, 1.54) is 384 Å². The zero-order valence-corrected chi connectivity index (χ0v) is 74.8. The van der Waals surface area contributed by atoms with Gasteiger partial charge in [0, 0.05) is 29.8 Å². The number of ether oxygens (including phenoxy) is 2. The molecule has 2 unspecified atom stereocenters. The molecule has 0 aliphatic heterocycles. The molecule has 0 spiro atoms. The van der Waals surface area contributed by atoms with Crippen LogP contribution in [0, 0.1) is 0 Å². The van der Waals surface area contributed by atoms with Crippen LogP contribution >= 0.6 is 37.9 Å². The molecule has 2 atom stereocenters. The number of carbonyl (C=O) groups excluding carboxylic acids is 2. The first-order valence-electron chi connectivity index (χ1n) is 46.7. The van der Waals surface area contributed by atoms with Gasteiger partial charge in [-0.25, -0.2) is 0 Å². The van der Waals surface area contributed by atoms with Crippen molar-refractivity contribution in [3.63, 3.8) is 0 Å². The van der Waals surface area contributed by atoms with E-state index >= 15 is 0 Å². The van der Waals surface area contributed by atoms with Crippen molar-refractivity contribution in [3.05, 3.63) is 59.7 Å². The Morgan fingerprint density at radius 2 is 0.458 bits per heavy atom. The van der Waals surface area contributed by atoms with Crippen molar-refractivity contribution in [2.45, 2.75) is 484 Å². The Balaban J connectivity index is 1.79. The zero-order valence-electron chi connectivity index (χ0n) is 71.4. The topological polar surface area (TPSA) is 89.5 Å². The summed E-state index contributed by atoms with van der Waals surface area (Å²) in [6, 6.07) is 17.7. The molecule has 0 radical (unpaired) electrons. The van der Waals surface area contributed by atoms with Crippen molar-refractivity contribution in [2.75, 3.05) is 37.9 Å². The third-order valence-corrected chi connectivity index (χ3v) is 28.2. The monoisotopic (exact) mass is 1570 g/mol. The molecule has 8 nitrogen and oxygen atoms in total. The van der Waals surface area contributed by atoms with Gasteiger partial charge in [0.05, 0.1) is 26.4 Å². The van der Waals surface area contributed by atoms with Crippen molar-refractivity contribution in [1.82, 2.24) is 0 Å². The molecule has 0 aromatic heterocycles. The predicted molar refractivity (Wildman–Crippen MR) is 475 cm³/mol. The molecule has 624 valence electrons. The molecule has 0 aliphatic carbocycles. The fourth-order valence-electron chi connectivity index (χ4n) is 14.4. The Bertz CT molecular complexity index is 2000. The van der Waals surface area contributed by atoms with Gasteiger partial charge in [0.15, 0.2) is 0 Å². The van der Waals surface area contributed by atoms with Gasteiger partial charge in [-0.15, -0.1) is 0 Å². The second-order valence-corrected chi connectivity index (χ2v) is 38.9. The maximum Gasteiger partial charge on any atom is 0.305 e. The fourth-order valence-corrected chi connectivity index (χ4v) is 20.3. The van der Waals surface area contributed by atoms with Crippen LogP contribution in [0.5, 0.6) is 11.5 Å². The molecular weight excluding hydrogens is 1400 g/mol. The maximum absolute atomic E-state index is 12.3. The van der Waals surface area contributed by atoms with Crippen LogP contribution < -0.4 is 9.05 Å². The molecule has 0 saturated heterocycles. The fraction of sp³-hybridized carbons (Fsp3) is 0.853. The van der Waals surface area contributed by atoms with Crippen LogP contribution in [0.15, 0.2) is 48.5 Å². The van der Waals surface area contributed by atoms with Crippen LogP contribution in [0.4, 0.5) is 0 Å². The van der Waals surface area contributed by atoms with Gasteiger partial charge in [-0.1, -0.05) is 461 Å². The number of rotatable bonds is 86. The highest BCUT2D eigenvalue weighted by Gasteiger charge is 2.25. The largest absolute Gasteiger partial charge is 0.466 e. The standard InChI is InChI=1S/C95H174O8P2S2/c1-7-11-15-19-23-27-35-43-51-59-67-83-98-93(96)73-65-57-49-41-33-31-39-47-55-63-71-87-106-104(100-85-69-61-53-45-37-29-25-21-17-13-9-3)102-91-79-75-89(76-80-91)95(5,6)90-77-81-92(82-78-90)103-105(101-86-70-62-54-46-38-30-26-22-18-14-10-4)107-88-72-64-56-48-40-32-34-42-50-58-66-74-94(97)99-84-68-60-52-44-36-28-24-20-16-12-8-2/h75-82H,7-74,83-88H2,1-6H3. The Hall–Kier alpha value is -1.54. The third kappa shape index (κ3) is 66.5. The van der Waals surface area contributed by atoms with Crippen molar-refractivity contribution in [3.8, 4) is 11.5 Å². The Labute approximate surface area is 675 Å². The first kappa shape index (κ1) is 102. The van der Waals surface area contributed by atoms with Crippen molar-refractivity contribution in [1.29, 1.82) is 0 Å². The minimum atomic E-state index is -1.09. The van der Waals surface area contributed by atoms with E-state index in [0.717, 1.165) is 87.6 Å². The molecule has 12 heteroatoms. The minimum Gasteiger partial charge on any atom is -0.466 e. The molecule has 0 heterocycles. The molecule has 2 aromatic rings. The summed E-state index contributed by atoms with van der Waals surface area (Å²) in [5.74, 6) is 3.94. The average Bonchev–Trinajstić information content (AvgIpc) is 0.803. The first-order valence-corrected chi connectivity index (χ1v) is 52.3. The number of hydrogen-bond acceptors (Lipinski definition) is 10. The number of carbonyl (C=O) groups is 2. The Morgan fingerprint density at radius 3 is 0.692 bits per heavy atom. The summed E-state index contributed by atoms with van der Waals surface area (Å²) in [5, 5.41) is 0. The molecular formula is C95H174O8P2S2. The molecule has 2 rings (SSSR count). The van der Waals surface area contributed by atoms with E-state index < -0.39 is 15.2 Å². The first-order chi connectivity index (χ1) is 52.7. The van der Waals surface area contributed by atoms with Gasteiger partial charge in [-0.05, 0) is 86.8 Å². The normalized spacial score (nSPS) is 12.3. The highest BCUT2D eigenvalue weighted by atomic mass is 32.7. The maximum atomic E-state index is 12.3. The van der Waals surface area contributed by atoms with E-state index in [-0.39, 0.29) is 17.4 Å². The second-order valence-electron chi connectivity index (χ2n) is 32.5. The molecule has 0 N–H and O–H groups in total. The lowest BCUT2D eigenvalue weighted by Crippen LogP contribution is -2.18. The summed E-state index contributed by atoms with van der Waals surface area (Å²) < 4.78 is 37.7. The van der Waals surface area contributed by atoms with E-state index in [1.54, 1.807) is 0 Å². The SMILES string of the molecule is CCCCCCCCCCCCCOC(=O)CCCCCCCCCCCCCSP(OCCCCCCCCCCCCC)Oc1ccc(C(C)(C)c2ccc(OP(OCCCCCCCCCCCCC)SCCCCCCCCCCCCCC(=O)OCCCCCCCCCCCCC)cc2)cc1. The van der Waals surface area contributed by atoms with Gasteiger partial charge in [0.25, 0.3) is 15.2 Å². The van der Waals surface area contributed by atoms with E-state index in [2.05, 4.69) is 90.1 Å². The summed E-state index contributed by atoms with van der Waals surface area (Å²) in [6.07, 6.45) is 86.7. The molecule has 0 amide bonds. The van der Waals surface area contributed by atoms with E-state index in [1.807, 2.05) is 22.8 Å². The summed E-state index contributed by atoms with van der Waals surface area (Å²) in [5.41, 5.74) is 2.31. The number of unbranched alkanes of at least 4 members (excludes halogenated alkanes) is 60. The quantitative estimate of drug-likeness (QED) is 0.0362. The van der Waals surface area contributed by atoms with Gasteiger partial charge in [-0.2, -0.15) is 0 Å². The molecule has 0 bridgehead atoms. The second kappa shape index (κ2) is 79.7. The summed E-state index contributed by atoms with van der Waals surface area (Å²) >= 11 is 3.79. The van der Waals surface area contributed by atoms with Gasteiger partial charge in [0.1, 0.15) is 11.5 Å². The van der Waals surface area contributed by atoms with Gasteiger partial charge >= 0.3 is 11.9 Å². The minimum absolute atomic E-state index is 0.00613. The lowest BCUT2D eigenvalue weighted by molar-refractivity contribution is -0.144. The highest BCUT2D eigenvalue weighted by molar-refractivity contribution is 8.53. The lowest BCUT2D eigenvalue weighted by atomic mass is 9.78. The number of esters is 2. The van der Waals surface area contributed by atoms with Gasteiger partial charge < -0.3 is 27.6 Å². The summed E-state index contributed by atoms with van der Waals surface area (Å²) in [6.45, 7) is 16.6. The van der Waals surface area contributed by atoms with Crippen LogP contribution in [0.25, 0.3) is 0 Å². The third-order valence-electron chi connectivity index (χ3n) is 21.9. The molecule has 2 aromatic carbocycles. The van der Waals surface area contributed by atoms with E-state index in [0.29, 0.717) is 26.1 Å². The van der Waals surface area contributed by atoms with Gasteiger partial charge in [-0.3, -0.25) is 9.59 Å². The van der Waals surface area contributed by atoms with Crippen LogP contribution in [0.1, 0.15) is 489 Å². The van der Waals surface area contributed by atoms with Crippen LogP contribution in [0.3, 0.4) is 0 Å². The highest BCUT2D eigenvalue weighted by Crippen LogP contribution is 2.54. The van der Waals surface area contributed by atoms with Crippen molar-refractivity contribution >= 4 is 49.9 Å². The van der Waals surface area contributed by atoms with Crippen molar-refractivity contribution in [2.24, 2.45) is 0 Å². The Morgan fingerprint density at radius 1 is 0.262 bits per heavy atom. The summed E-state index contributed by atoms with van der Waals surface area (Å²) in [4.78, 5) is 24.5. The molecule has 0 saturated carbocycles. The van der Waals surface area contributed by atoms with E-state index in [4.69, 9.17) is 27.6 Å².